The van der Waals surface area contributed by atoms with Crippen LogP contribution in [-0.4, -0.2) is 28.2 Å². The average Bonchev–Trinajstić information content (AvgIpc) is 2.57. The molecule has 0 radical (unpaired) electrons. The number of unbranched alkanes of at least 4 members (excludes halogenated alkanes) is 1. The van der Waals surface area contributed by atoms with Crippen LogP contribution in [0.3, 0.4) is 0 Å². The highest BCUT2D eigenvalue weighted by Crippen LogP contribution is 2.35. The third kappa shape index (κ3) is 3.57. The third-order valence-electron chi connectivity index (χ3n) is 3.77. The van der Waals surface area contributed by atoms with E-state index in [0.717, 1.165) is 37.3 Å². The van der Waals surface area contributed by atoms with Crippen molar-refractivity contribution in [2.45, 2.75) is 19.8 Å². The molecule has 2 heterocycles. The van der Waals surface area contributed by atoms with Gasteiger partial charge in [-0.25, -0.2) is 4.98 Å². The quantitative estimate of drug-likeness (QED) is 0.741. The van der Waals surface area contributed by atoms with Crippen molar-refractivity contribution in [1.29, 1.82) is 0 Å². The summed E-state index contributed by atoms with van der Waals surface area (Å²) < 4.78 is 0. The van der Waals surface area contributed by atoms with Crippen LogP contribution in [0.1, 0.15) is 25.3 Å². The van der Waals surface area contributed by atoms with E-state index in [1.165, 1.54) is 0 Å². The molecule has 1 aliphatic rings. The number of fused-ring (bicyclic) bond motifs is 1. The Kier molecular flexibility index (Phi) is 5.11. The Labute approximate surface area is 150 Å². The summed E-state index contributed by atoms with van der Waals surface area (Å²) in [4.78, 5) is 11.2. The number of halogens is 2. The molecule has 2 N–H and O–H groups in total. The van der Waals surface area contributed by atoms with Crippen LogP contribution in [0.4, 0.5) is 17.5 Å². The summed E-state index contributed by atoms with van der Waals surface area (Å²) in [5, 5.41) is 13.1. The normalized spacial score (nSPS) is 13.0. The van der Waals surface area contributed by atoms with Crippen LogP contribution in [0, 0.1) is 0 Å². The lowest BCUT2D eigenvalue weighted by atomic mass is 10.2. The van der Waals surface area contributed by atoms with E-state index in [4.69, 9.17) is 23.2 Å². The van der Waals surface area contributed by atoms with Gasteiger partial charge in [0.05, 0.1) is 10.0 Å². The Balaban J connectivity index is 1.86. The highest BCUT2D eigenvalue weighted by atomic mass is 35.5. The van der Waals surface area contributed by atoms with Gasteiger partial charge in [-0.2, -0.15) is 4.98 Å². The molecule has 0 fully saturated rings. The monoisotopic (exact) mass is 364 g/mol. The van der Waals surface area contributed by atoms with Crippen molar-refractivity contribution in [2.75, 3.05) is 23.3 Å². The molecule has 0 unspecified atom stereocenters. The van der Waals surface area contributed by atoms with Crippen molar-refractivity contribution in [3.05, 3.63) is 40.0 Å². The average molecular weight is 365 g/mol. The number of phenols is 1. The van der Waals surface area contributed by atoms with Gasteiger partial charge in [0.2, 0.25) is 5.95 Å². The lowest BCUT2D eigenvalue weighted by molar-refractivity contribution is 0.476. The van der Waals surface area contributed by atoms with Gasteiger partial charge in [-0.05, 0) is 18.6 Å². The van der Waals surface area contributed by atoms with Gasteiger partial charge in [-0.1, -0.05) is 48.7 Å². The Morgan fingerprint density at radius 3 is 2.75 bits per heavy atom. The van der Waals surface area contributed by atoms with E-state index < -0.39 is 0 Å². The van der Waals surface area contributed by atoms with Gasteiger partial charge in [0.15, 0.2) is 5.75 Å². The Bertz CT molecular complexity index is 756. The molecule has 0 atom stereocenters. The first-order chi connectivity index (χ1) is 11.6. The lowest BCUT2D eigenvalue weighted by Crippen LogP contribution is -2.28. The van der Waals surface area contributed by atoms with Crippen molar-refractivity contribution in [3.63, 3.8) is 0 Å². The minimum Gasteiger partial charge on any atom is -0.505 e. The maximum atomic E-state index is 9.63. The zero-order valence-corrected chi connectivity index (χ0v) is 14.8. The van der Waals surface area contributed by atoms with E-state index in [9.17, 15) is 5.11 Å². The number of rotatable bonds is 5. The number of aromatic hydroxyl groups is 1. The number of hydrogen-bond donors (Lipinski definition) is 2. The van der Waals surface area contributed by atoms with Crippen LogP contribution in [0.15, 0.2) is 24.4 Å². The molecule has 1 aromatic heterocycles. The standard InChI is InChI=1S/C17H18Cl2N4O/c1-2-3-6-23-7-4-5-11-10-20-17(22-16(11)23)21-12-8-13(18)15(24)14(19)9-12/h4-5,8-10,24H,2-3,6-7H2,1H3,(H,20,21,22). The minimum atomic E-state index is -0.133. The number of aromatic nitrogens is 2. The molecule has 7 heteroatoms. The molecule has 0 aliphatic carbocycles. The summed E-state index contributed by atoms with van der Waals surface area (Å²) in [6.45, 7) is 3.98. The molecule has 5 nitrogen and oxygen atoms in total. The van der Waals surface area contributed by atoms with E-state index in [0.29, 0.717) is 11.6 Å². The number of phenolic OH excluding ortho intramolecular Hbond substituents is 1. The molecule has 0 saturated heterocycles. The zero-order valence-electron chi connectivity index (χ0n) is 13.3. The van der Waals surface area contributed by atoms with Gasteiger partial charge in [-0.3, -0.25) is 0 Å². The summed E-state index contributed by atoms with van der Waals surface area (Å²) in [5.74, 6) is 1.24. The van der Waals surface area contributed by atoms with Crippen LogP contribution in [0.25, 0.3) is 6.08 Å². The van der Waals surface area contributed by atoms with Gasteiger partial charge in [0, 0.05) is 30.5 Å². The Hall–Kier alpha value is -1.98. The van der Waals surface area contributed by atoms with Crippen LogP contribution in [0.5, 0.6) is 5.75 Å². The molecule has 0 bridgehead atoms. The predicted octanol–water partition coefficient (Wildman–Crippen LogP) is 4.87. The van der Waals surface area contributed by atoms with Gasteiger partial charge in [-0.15, -0.1) is 0 Å². The number of nitrogens with zero attached hydrogens (tertiary/aromatic N) is 3. The molecule has 1 aliphatic heterocycles. The van der Waals surface area contributed by atoms with Crippen LogP contribution in [0.2, 0.25) is 10.0 Å². The van der Waals surface area contributed by atoms with E-state index in [2.05, 4.69) is 33.2 Å². The third-order valence-corrected chi connectivity index (χ3v) is 4.35. The lowest BCUT2D eigenvalue weighted by Gasteiger charge is -2.26. The second-order valence-corrected chi connectivity index (χ2v) is 6.40. The Morgan fingerprint density at radius 1 is 1.29 bits per heavy atom. The second-order valence-electron chi connectivity index (χ2n) is 5.59. The molecule has 24 heavy (non-hydrogen) atoms. The molecular formula is C17H18Cl2N4O. The largest absolute Gasteiger partial charge is 0.505 e. The smallest absolute Gasteiger partial charge is 0.229 e. The molecule has 3 rings (SSSR count). The molecule has 2 aromatic rings. The maximum absolute atomic E-state index is 9.63. The van der Waals surface area contributed by atoms with Crippen LogP contribution >= 0.6 is 23.2 Å². The molecule has 126 valence electrons. The fraction of sp³-hybridized carbons (Fsp3) is 0.294. The molecular weight excluding hydrogens is 347 g/mol. The fourth-order valence-electron chi connectivity index (χ4n) is 2.52. The SMILES string of the molecule is CCCCN1CC=Cc2cnc(Nc3cc(Cl)c(O)c(Cl)c3)nc21. The number of hydrogen-bond acceptors (Lipinski definition) is 5. The van der Waals surface area contributed by atoms with Crippen LogP contribution in [-0.2, 0) is 0 Å². The first-order valence-corrected chi connectivity index (χ1v) is 8.57. The second kappa shape index (κ2) is 7.28. The van der Waals surface area contributed by atoms with E-state index >= 15 is 0 Å². The van der Waals surface area contributed by atoms with Crippen molar-refractivity contribution in [1.82, 2.24) is 9.97 Å². The van der Waals surface area contributed by atoms with Gasteiger partial charge in [0.1, 0.15) is 5.82 Å². The zero-order chi connectivity index (χ0) is 17.1. The van der Waals surface area contributed by atoms with E-state index in [1.807, 2.05) is 6.08 Å². The topological polar surface area (TPSA) is 61.3 Å². The number of benzene rings is 1. The van der Waals surface area contributed by atoms with Gasteiger partial charge < -0.3 is 15.3 Å². The summed E-state index contributed by atoms with van der Waals surface area (Å²) in [5.41, 5.74) is 1.62. The van der Waals surface area contributed by atoms with Gasteiger partial charge in [0.25, 0.3) is 0 Å². The highest BCUT2D eigenvalue weighted by Gasteiger charge is 2.16. The highest BCUT2D eigenvalue weighted by molar-refractivity contribution is 6.37. The maximum Gasteiger partial charge on any atom is 0.229 e. The Morgan fingerprint density at radius 2 is 2.04 bits per heavy atom. The van der Waals surface area contributed by atoms with Crippen LogP contribution < -0.4 is 10.2 Å². The summed E-state index contributed by atoms with van der Waals surface area (Å²) >= 11 is 11.9. The number of anilines is 3. The van der Waals surface area contributed by atoms with Crippen molar-refractivity contribution in [3.8, 4) is 5.75 Å². The molecule has 1 aromatic carbocycles. The van der Waals surface area contributed by atoms with E-state index in [-0.39, 0.29) is 15.8 Å². The van der Waals surface area contributed by atoms with Crippen molar-refractivity contribution in [2.24, 2.45) is 0 Å². The summed E-state index contributed by atoms with van der Waals surface area (Å²) in [6.07, 6.45) is 8.20. The molecule has 0 spiro atoms. The molecule has 0 saturated carbocycles. The van der Waals surface area contributed by atoms with Crippen molar-refractivity contribution >= 4 is 46.7 Å². The first-order valence-electron chi connectivity index (χ1n) is 7.82. The summed E-state index contributed by atoms with van der Waals surface area (Å²) in [7, 11) is 0. The first kappa shape index (κ1) is 16.9. The minimum absolute atomic E-state index is 0.133. The van der Waals surface area contributed by atoms with Crippen molar-refractivity contribution < 1.29 is 5.11 Å². The summed E-state index contributed by atoms with van der Waals surface area (Å²) in [6, 6.07) is 3.17. The fourth-order valence-corrected chi connectivity index (χ4v) is 3.01. The predicted molar refractivity (Wildman–Crippen MR) is 99.6 cm³/mol. The molecule has 0 amide bonds. The van der Waals surface area contributed by atoms with Gasteiger partial charge >= 0.3 is 0 Å². The van der Waals surface area contributed by atoms with E-state index in [1.54, 1.807) is 18.3 Å². The number of nitrogens with one attached hydrogen (secondary N) is 1.